The molecule has 1 rings (SSSR count). The third-order valence-electron chi connectivity index (χ3n) is 3.90. The van der Waals surface area contributed by atoms with Gasteiger partial charge in [0.25, 0.3) is 0 Å². The van der Waals surface area contributed by atoms with Gasteiger partial charge in [0.2, 0.25) is 0 Å². The fraction of sp³-hybridized carbons (Fsp3) is 0.786. The largest absolute Gasteiger partial charge is 0.307 e. The minimum Gasteiger partial charge on any atom is -0.307 e. The zero-order valence-corrected chi connectivity index (χ0v) is 13.8. The van der Waals surface area contributed by atoms with Gasteiger partial charge >= 0.3 is 0 Å². The second-order valence-corrected chi connectivity index (χ2v) is 5.73. The van der Waals surface area contributed by atoms with E-state index in [1.165, 1.54) is 0 Å². The summed E-state index contributed by atoms with van der Waals surface area (Å²) < 4.78 is 1.88. The first-order valence-electron chi connectivity index (χ1n) is 7.05. The Morgan fingerprint density at radius 1 is 1.37 bits per heavy atom. The zero-order valence-electron chi connectivity index (χ0n) is 13.0. The second kappa shape index (κ2) is 6.73. The molecule has 0 saturated heterocycles. The Balaban J connectivity index is 3.20. The van der Waals surface area contributed by atoms with Crippen LogP contribution in [-0.4, -0.2) is 39.9 Å². The van der Waals surface area contributed by atoms with Crippen molar-refractivity contribution in [2.75, 3.05) is 19.6 Å². The average Bonchev–Trinajstić information content (AvgIpc) is 2.67. The summed E-state index contributed by atoms with van der Waals surface area (Å²) in [5, 5.41) is 8.57. The number of hydrogen-bond donors (Lipinski definition) is 1. The van der Waals surface area contributed by atoms with Gasteiger partial charge in [0.15, 0.2) is 0 Å². The van der Waals surface area contributed by atoms with Crippen LogP contribution in [0.2, 0.25) is 5.02 Å². The Labute approximate surface area is 122 Å². The van der Waals surface area contributed by atoms with E-state index in [2.05, 4.69) is 49.9 Å². The molecule has 0 aliphatic rings. The van der Waals surface area contributed by atoms with Crippen LogP contribution in [0.3, 0.4) is 0 Å². The second-order valence-electron chi connectivity index (χ2n) is 5.32. The molecule has 4 nitrogen and oxygen atoms in total. The molecular weight excluding hydrogens is 260 g/mol. The summed E-state index contributed by atoms with van der Waals surface area (Å²) in [5.41, 5.74) is 1.03. The smallest absolute Gasteiger partial charge is 0.0834 e. The lowest BCUT2D eigenvalue weighted by Crippen LogP contribution is -2.53. The van der Waals surface area contributed by atoms with E-state index >= 15 is 0 Å². The first-order chi connectivity index (χ1) is 8.89. The van der Waals surface area contributed by atoms with Crippen LogP contribution in [0.15, 0.2) is 6.20 Å². The first-order valence-corrected chi connectivity index (χ1v) is 7.43. The van der Waals surface area contributed by atoms with Gasteiger partial charge in [0.1, 0.15) is 0 Å². The van der Waals surface area contributed by atoms with E-state index in [1.54, 1.807) is 6.20 Å². The molecule has 0 saturated carbocycles. The lowest BCUT2D eigenvalue weighted by atomic mass is 9.89. The molecule has 0 aromatic carbocycles. The summed E-state index contributed by atoms with van der Waals surface area (Å²) in [7, 11) is 1.95. The minimum atomic E-state index is -0.0308. The van der Waals surface area contributed by atoms with Crippen LogP contribution >= 0.6 is 11.6 Å². The van der Waals surface area contributed by atoms with Crippen molar-refractivity contribution in [3.8, 4) is 0 Å². The van der Waals surface area contributed by atoms with Gasteiger partial charge in [-0.15, -0.1) is 0 Å². The normalized spacial score (nSPS) is 14.1. The maximum Gasteiger partial charge on any atom is 0.0834 e. The zero-order chi connectivity index (χ0) is 14.6. The Morgan fingerprint density at radius 2 is 1.95 bits per heavy atom. The molecule has 5 heteroatoms. The molecule has 1 atom stereocenters. The van der Waals surface area contributed by atoms with Crippen molar-refractivity contribution in [2.24, 2.45) is 7.05 Å². The van der Waals surface area contributed by atoms with Crippen molar-refractivity contribution in [3.63, 3.8) is 0 Å². The van der Waals surface area contributed by atoms with E-state index in [4.69, 9.17) is 11.6 Å². The van der Waals surface area contributed by atoms with Crippen molar-refractivity contribution in [2.45, 2.75) is 46.2 Å². The average molecular weight is 287 g/mol. The van der Waals surface area contributed by atoms with Crippen LogP contribution < -0.4 is 5.32 Å². The molecular formula is C14H27ClN4. The molecule has 19 heavy (non-hydrogen) atoms. The van der Waals surface area contributed by atoms with Crippen LogP contribution in [0.4, 0.5) is 0 Å². The molecule has 0 fully saturated rings. The van der Waals surface area contributed by atoms with Gasteiger partial charge in [-0.2, -0.15) is 5.10 Å². The number of nitrogens with zero attached hydrogens (tertiary/aromatic N) is 3. The molecule has 0 radical (unpaired) electrons. The molecule has 0 aliphatic heterocycles. The molecule has 1 unspecified atom stereocenters. The van der Waals surface area contributed by atoms with Crippen LogP contribution in [-0.2, 0) is 7.05 Å². The highest BCUT2D eigenvalue weighted by Crippen LogP contribution is 2.34. The number of halogens is 1. The van der Waals surface area contributed by atoms with Crippen molar-refractivity contribution in [3.05, 3.63) is 16.9 Å². The van der Waals surface area contributed by atoms with E-state index in [-0.39, 0.29) is 11.6 Å². The number of rotatable bonds is 7. The van der Waals surface area contributed by atoms with E-state index in [0.717, 1.165) is 30.4 Å². The molecule has 110 valence electrons. The van der Waals surface area contributed by atoms with Crippen molar-refractivity contribution < 1.29 is 0 Å². The number of nitrogens with one attached hydrogen (secondary N) is 1. The lowest BCUT2D eigenvalue weighted by molar-refractivity contribution is 0.0886. The Bertz CT molecular complexity index is 377. The van der Waals surface area contributed by atoms with E-state index in [0.29, 0.717) is 0 Å². The monoisotopic (exact) mass is 286 g/mol. The molecule has 0 bridgehead atoms. The van der Waals surface area contributed by atoms with Gasteiger partial charge in [0, 0.05) is 12.6 Å². The summed E-state index contributed by atoms with van der Waals surface area (Å²) in [5.74, 6) is 0. The van der Waals surface area contributed by atoms with Gasteiger partial charge in [-0.3, -0.25) is 9.58 Å². The highest BCUT2D eigenvalue weighted by atomic mass is 35.5. The molecule has 1 heterocycles. The molecule has 0 amide bonds. The van der Waals surface area contributed by atoms with Gasteiger partial charge < -0.3 is 5.32 Å². The van der Waals surface area contributed by atoms with E-state index < -0.39 is 0 Å². The number of aromatic nitrogens is 2. The topological polar surface area (TPSA) is 33.1 Å². The summed E-state index contributed by atoms with van der Waals surface area (Å²) in [6.45, 7) is 14.0. The molecule has 0 spiro atoms. The van der Waals surface area contributed by atoms with Crippen molar-refractivity contribution in [1.82, 2.24) is 20.0 Å². The van der Waals surface area contributed by atoms with E-state index in [9.17, 15) is 0 Å². The highest BCUT2D eigenvalue weighted by Gasteiger charge is 2.37. The predicted molar refractivity (Wildman–Crippen MR) is 81.6 cm³/mol. The van der Waals surface area contributed by atoms with Gasteiger partial charge in [-0.05, 0) is 33.5 Å². The van der Waals surface area contributed by atoms with Crippen LogP contribution in [0.5, 0.6) is 0 Å². The van der Waals surface area contributed by atoms with Crippen LogP contribution in [0.1, 0.15) is 46.4 Å². The highest BCUT2D eigenvalue weighted by molar-refractivity contribution is 6.31. The van der Waals surface area contributed by atoms with E-state index in [1.807, 2.05) is 11.7 Å². The third kappa shape index (κ3) is 3.30. The summed E-state index contributed by atoms with van der Waals surface area (Å²) in [6, 6.07) is 0.150. The predicted octanol–water partition coefficient (Wildman–Crippen LogP) is 2.84. The van der Waals surface area contributed by atoms with Gasteiger partial charge in [-0.25, -0.2) is 0 Å². The maximum atomic E-state index is 6.33. The standard InChI is InChI=1S/C14H27ClN4/c1-7-16-13(12-11(15)10-17-18(12)6)14(4,5)19(8-2)9-3/h10,13,16H,7-9H2,1-6H3. The molecule has 1 N–H and O–H groups in total. The summed E-state index contributed by atoms with van der Waals surface area (Å²) in [4.78, 5) is 2.45. The number of hydrogen-bond acceptors (Lipinski definition) is 3. The Morgan fingerprint density at radius 3 is 2.32 bits per heavy atom. The van der Waals surface area contributed by atoms with Gasteiger partial charge in [-0.1, -0.05) is 32.4 Å². The fourth-order valence-corrected chi connectivity index (χ4v) is 3.13. The van der Waals surface area contributed by atoms with Crippen LogP contribution in [0, 0.1) is 0 Å². The first kappa shape index (κ1) is 16.5. The molecule has 0 aliphatic carbocycles. The Hall–Kier alpha value is -0.580. The summed E-state index contributed by atoms with van der Waals surface area (Å²) >= 11 is 6.33. The van der Waals surface area contributed by atoms with Crippen molar-refractivity contribution in [1.29, 1.82) is 0 Å². The number of aryl methyl sites for hydroxylation is 1. The van der Waals surface area contributed by atoms with Gasteiger partial charge in [0.05, 0.1) is 23.0 Å². The fourth-order valence-electron chi connectivity index (χ4n) is 2.85. The number of likely N-dealkylation sites (N-methyl/N-ethyl adjacent to an activating group) is 2. The summed E-state index contributed by atoms with van der Waals surface area (Å²) in [6.07, 6.45) is 1.72. The van der Waals surface area contributed by atoms with Crippen LogP contribution in [0.25, 0.3) is 0 Å². The van der Waals surface area contributed by atoms with Crippen molar-refractivity contribution >= 4 is 11.6 Å². The third-order valence-corrected chi connectivity index (χ3v) is 4.20. The lowest BCUT2D eigenvalue weighted by Gasteiger charge is -2.43. The quantitative estimate of drug-likeness (QED) is 0.837. The Kier molecular flexibility index (Phi) is 5.83. The molecule has 1 aromatic heterocycles. The minimum absolute atomic E-state index is 0.0308. The SMILES string of the molecule is CCNC(c1c(Cl)cnn1C)C(C)(C)N(CC)CC. The molecule has 1 aromatic rings. The maximum absolute atomic E-state index is 6.33.